The summed E-state index contributed by atoms with van der Waals surface area (Å²) in [6.07, 6.45) is 2.39. The highest BCUT2D eigenvalue weighted by atomic mass is 15.3. The van der Waals surface area contributed by atoms with Gasteiger partial charge in [-0.05, 0) is 33.6 Å². The predicted molar refractivity (Wildman–Crippen MR) is 83.9 cm³/mol. The van der Waals surface area contributed by atoms with Crippen LogP contribution in [0.4, 0.5) is 11.6 Å². The Hall–Kier alpha value is -1.36. The summed E-state index contributed by atoms with van der Waals surface area (Å²) in [7, 11) is 0. The number of nitrogens with one attached hydrogen (secondary N) is 1. The average Bonchev–Trinajstić information content (AvgIpc) is 2.68. The second-order valence-electron chi connectivity index (χ2n) is 7.31. The Kier molecular flexibility index (Phi) is 3.67. The molecule has 0 aromatic carbocycles. The van der Waals surface area contributed by atoms with E-state index in [4.69, 9.17) is 10.8 Å². The van der Waals surface area contributed by atoms with Gasteiger partial charge in [0.1, 0.15) is 17.5 Å². The number of nitrogen functional groups attached to an aromatic ring is 1. The van der Waals surface area contributed by atoms with Crippen molar-refractivity contribution in [1.29, 1.82) is 0 Å². The lowest BCUT2D eigenvalue weighted by atomic mass is 9.95. The molecule has 1 aromatic heterocycles. The number of hydrogen-bond acceptors (Lipinski definition) is 5. The minimum absolute atomic E-state index is 0.0993. The van der Waals surface area contributed by atoms with E-state index in [2.05, 4.69) is 49.9 Å². The molecule has 0 unspecified atom stereocenters. The molecule has 5 nitrogen and oxygen atoms in total. The number of anilines is 2. The molecular weight excluding hydrogens is 250 g/mol. The number of hydrazine groups is 1. The van der Waals surface area contributed by atoms with Crippen LogP contribution in [0.5, 0.6) is 0 Å². The summed E-state index contributed by atoms with van der Waals surface area (Å²) in [5.41, 5.74) is 3.78. The Morgan fingerprint density at radius 2 is 1.90 bits per heavy atom. The van der Waals surface area contributed by atoms with Gasteiger partial charge in [0.2, 0.25) is 0 Å². The Bertz CT molecular complexity index is 502. The van der Waals surface area contributed by atoms with Crippen LogP contribution in [-0.4, -0.2) is 22.1 Å². The van der Waals surface area contributed by atoms with E-state index in [9.17, 15) is 0 Å². The zero-order valence-electron chi connectivity index (χ0n) is 13.5. The summed E-state index contributed by atoms with van der Waals surface area (Å²) in [4.78, 5) is 11.8. The molecule has 1 aromatic rings. The van der Waals surface area contributed by atoms with E-state index in [0.717, 1.165) is 29.6 Å². The molecule has 20 heavy (non-hydrogen) atoms. The quantitative estimate of drug-likeness (QED) is 0.642. The van der Waals surface area contributed by atoms with Gasteiger partial charge in [0.25, 0.3) is 0 Å². The van der Waals surface area contributed by atoms with Crippen molar-refractivity contribution in [2.24, 2.45) is 5.84 Å². The SMILES string of the molecule is Cc1c(NN)nc(C(C)(C)C)nc1N1CCCC1(C)C. The van der Waals surface area contributed by atoms with E-state index in [1.165, 1.54) is 12.8 Å². The topological polar surface area (TPSA) is 67.1 Å². The van der Waals surface area contributed by atoms with Crippen LogP contribution >= 0.6 is 0 Å². The fraction of sp³-hybridized carbons (Fsp3) is 0.733. The van der Waals surface area contributed by atoms with Crippen molar-refractivity contribution in [3.05, 3.63) is 11.4 Å². The van der Waals surface area contributed by atoms with Crippen molar-refractivity contribution in [2.75, 3.05) is 16.9 Å². The van der Waals surface area contributed by atoms with Gasteiger partial charge in [-0.25, -0.2) is 15.8 Å². The van der Waals surface area contributed by atoms with Crippen molar-refractivity contribution in [3.8, 4) is 0 Å². The third-order valence-corrected chi connectivity index (χ3v) is 4.08. The fourth-order valence-corrected chi connectivity index (χ4v) is 2.74. The Morgan fingerprint density at radius 1 is 1.25 bits per heavy atom. The number of nitrogens with two attached hydrogens (primary N) is 1. The molecule has 0 aliphatic carbocycles. The summed E-state index contributed by atoms with van der Waals surface area (Å²) in [5.74, 6) is 8.21. The average molecular weight is 277 g/mol. The first-order valence-electron chi connectivity index (χ1n) is 7.30. The summed E-state index contributed by atoms with van der Waals surface area (Å²) >= 11 is 0. The lowest BCUT2D eigenvalue weighted by molar-refractivity contribution is 0.504. The van der Waals surface area contributed by atoms with Crippen molar-refractivity contribution >= 4 is 11.6 Å². The normalized spacial score (nSPS) is 18.4. The highest BCUT2D eigenvalue weighted by Gasteiger charge is 2.35. The van der Waals surface area contributed by atoms with Gasteiger partial charge in [-0.15, -0.1) is 0 Å². The van der Waals surface area contributed by atoms with Crippen LogP contribution in [0, 0.1) is 6.92 Å². The van der Waals surface area contributed by atoms with Gasteiger partial charge in [-0.3, -0.25) is 0 Å². The van der Waals surface area contributed by atoms with E-state index in [0.29, 0.717) is 0 Å². The summed E-state index contributed by atoms with van der Waals surface area (Å²) in [5, 5.41) is 0. The molecule has 5 heteroatoms. The molecule has 0 bridgehead atoms. The standard InChI is InChI=1S/C15H27N5/c1-10-11(19-16)17-13(14(2,3)4)18-12(10)20-9-7-8-15(20,5)6/h7-9,16H2,1-6H3,(H,17,18,19). The molecule has 1 saturated heterocycles. The van der Waals surface area contributed by atoms with Gasteiger partial charge in [0, 0.05) is 23.1 Å². The Labute approximate surface area is 121 Å². The first-order chi connectivity index (χ1) is 9.16. The highest BCUT2D eigenvalue weighted by Crippen LogP contribution is 2.36. The molecule has 0 saturated carbocycles. The van der Waals surface area contributed by atoms with Gasteiger partial charge in [-0.2, -0.15) is 0 Å². The molecule has 2 heterocycles. The second kappa shape index (κ2) is 4.88. The molecule has 112 valence electrons. The zero-order valence-corrected chi connectivity index (χ0v) is 13.5. The summed E-state index contributed by atoms with van der Waals surface area (Å²) in [6, 6.07) is 0. The molecule has 0 spiro atoms. The highest BCUT2D eigenvalue weighted by molar-refractivity contribution is 5.60. The molecular formula is C15H27N5. The van der Waals surface area contributed by atoms with Crippen LogP contribution in [0.1, 0.15) is 58.8 Å². The molecule has 1 fully saturated rings. The minimum atomic E-state index is -0.0993. The molecule has 1 aliphatic heterocycles. The fourth-order valence-electron chi connectivity index (χ4n) is 2.74. The maximum absolute atomic E-state index is 5.64. The zero-order chi connectivity index (χ0) is 15.1. The lowest BCUT2D eigenvalue weighted by Gasteiger charge is -2.35. The third kappa shape index (κ3) is 2.59. The molecule has 2 rings (SSSR count). The third-order valence-electron chi connectivity index (χ3n) is 4.08. The maximum Gasteiger partial charge on any atom is 0.148 e. The van der Waals surface area contributed by atoms with Gasteiger partial charge in [0.15, 0.2) is 0 Å². The number of nitrogens with zero attached hydrogens (tertiary/aromatic N) is 3. The first-order valence-corrected chi connectivity index (χ1v) is 7.30. The molecule has 0 radical (unpaired) electrons. The largest absolute Gasteiger partial charge is 0.351 e. The maximum atomic E-state index is 5.64. The van der Waals surface area contributed by atoms with Crippen LogP contribution in [0.2, 0.25) is 0 Å². The van der Waals surface area contributed by atoms with E-state index in [1.54, 1.807) is 0 Å². The van der Waals surface area contributed by atoms with E-state index < -0.39 is 0 Å². The molecule has 0 amide bonds. The predicted octanol–water partition coefficient (Wildman–Crippen LogP) is 2.75. The summed E-state index contributed by atoms with van der Waals surface area (Å²) in [6.45, 7) is 14.0. The van der Waals surface area contributed by atoms with Crippen LogP contribution in [0.25, 0.3) is 0 Å². The van der Waals surface area contributed by atoms with E-state index in [-0.39, 0.29) is 11.0 Å². The Morgan fingerprint density at radius 3 is 2.35 bits per heavy atom. The lowest BCUT2D eigenvalue weighted by Crippen LogP contribution is -2.40. The van der Waals surface area contributed by atoms with Crippen molar-refractivity contribution in [1.82, 2.24) is 9.97 Å². The molecule has 1 aliphatic rings. The van der Waals surface area contributed by atoms with Crippen LogP contribution in [0.3, 0.4) is 0 Å². The monoisotopic (exact) mass is 277 g/mol. The van der Waals surface area contributed by atoms with Gasteiger partial charge < -0.3 is 10.3 Å². The molecule has 0 atom stereocenters. The van der Waals surface area contributed by atoms with Crippen LogP contribution < -0.4 is 16.2 Å². The molecule has 3 N–H and O–H groups in total. The van der Waals surface area contributed by atoms with Gasteiger partial charge in [0.05, 0.1) is 0 Å². The number of rotatable bonds is 2. The van der Waals surface area contributed by atoms with E-state index in [1.807, 2.05) is 6.92 Å². The second-order valence-corrected chi connectivity index (χ2v) is 7.31. The first kappa shape index (κ1) is 15.0. The van der Waals surface area contributed by atoms with Crippen LogP contribution in [0.15, 0.2) is 0 Å². The summed E-state index contributed by atoms with van der Waals surface area (Å²) < 4.78 is 0. The number of aromatic nitrogens is 2. The smallest absolute Gasteiger partial charge is 0.148 e. The Balaban J connectivity index is 2.57. The number of hydrogen-bond donors (Lipinski definition) is 2. The van der Waals surface area contributed by atoms with Crippen molar-refractivity contribution in [2.45, 2.75) is 65.3 Å². The van der Waals surface area contributed by atoms with Crippen molar-refractivity contribution in [3.63, 3.8) is 0 Å². The minimum Gasteiger partial charge on any atom is -0.351 e. The van der Waals surface area contributed by atoms with Gasteiger partial charge >= 0.3 is 0 Å². The van der Waals surface area contributed by atoms with Crippen LogP contribution in [-0.2, 0) is 5.41 Å². The van der Waals surface area contributed by atoms with Gasteiger partial charge in [-0.1, -0.05) is 20.8 Å². The van der Waals surface area contributed by atoms with Crippen molar-refractivity contribution < 1.29 is 0 Å². The van der Waals surface area contributed by atoms with E-state index >= 15 is 0 Å².